The fourth-order valence-electron chi connectivity index (χ4n) is 1.55. The highest BCUT2D eigenvalue weighted by Crippen LogP contribution is 2.19. The molecule has 94 valence electrons. The summed E-state index contributed by atoms with van der Waals surface area (Å²) in [6.07, 6.45) is 0. The number of nitrogen functional groups attached to an aromatic ring is 1. The maximum Gasteiger partial charge on any atom is 0.253 e. The molecule has 0 bridgehead atoms. The molecular formula is C13H14N2O2S. The summed E-state index contributed by atoms with van der Waals surface area (Å²) in [5.74, 6) is 0.461. The molecule has 4 nitrogen and oxygen atoms in total. The van der Waals surface area contributed by atoms with Crippen LogP contribution < -0.4 is 15.8 Å². The van der Waals surface area contributed by atoms with Gasteiger partial charge in [0.15, 0.2) is 0 Å². The molecule has 5 heteroatoms. The third-order valence-corrected chi connectivity index (χ3v) is 3.27. The van der Waals surface area contributed by atoms with Crippen LogP contribution in [0.2, 0.25) is 0 Å². The summed E-state index contributed by atoms with van der Waals surface area (Å²) in [5.41, 5.74) is 7.77. The maximum atomic E-state index is 11.9. The number of methoxy groups -OCH3 is 1. The predicted molar refractivity (Wildman–Crippen MR) is 72.9 cm³/mol. The Labute approximate surface area is 109 Å². The van der Waals surface area contributed by atoms with Crippen molar-refractivity contribution in [2.24, 2.45) is 0 Å². The van der Waals surface area contributed by atoms with Crippen LogP contribution in [0.15, 0.2) is 35.0 Å². The summed E-state index contributed by atoms with van der Waals surface area (Å²) in [6, 6.07) is 6.99. The van der Waals surface area contributed by atoms with Crippen molar-refractivity contribution in [2.45, 2.75) is 6.54 Å². The highest BCUT2D eigenvalue weighted by atomic mass is 32.1. The number of rotatable bonds is 4. The predicted octanol–water partition coefficient (Wildman–Crippen LogP) is 2.27. The first kappa shape index (κ1) is 12.4. The average molecular weight is 262 g/mol. The fraction of sp³-hybridized carbons (Fsp3) is 0.154. The largest absolute Gasteiger partial charge is 0.497 e. The Kier molecular flexibility index (Phi) is 3.84. The minimum Gasteiger partial charge on any atom is -0.497 e. The van der Waals surface area contributed by atoms with E-state index in [4.69, 9.17) is 10.5 Å². The van der Waals surface area contributed by atoms with Crippen LogP contribution in [-0.2, 0) is 6.54 Å². The molecule has 0 fully saturated rings. The van der Waals surface area contributed by atoms with E-state index in [1.165, 1.54) is 0 Å². The lowest BCUT2D eigenvalue weighted by Crippen LogP contribution is -2.23. The van der Waals surface area contributed by atoms with Crippen LogP contribution in [0.4, 0.5) is 5.69 Å². The molecular weight excluding hydrogens is 248 g/mol. The van der Waals surface area contributed by atoms with Crippen molar-refractivity contribution < 1.29 is 9.53 Å². The smallest absolute Gasteiger partial charge is 0.253 e. The lowest BCUT2D eigenvalue weighted by molar-refractivity contribution is 0.0952. The van der Waals surface area contributed by atoms with E-state index in [0.29, 0.717) is 23.5 Å². The van der Waals surface area contributed by atoms with Crippen molar-refractivity contribution >= 4 is 22.9 Å². The van der Waals surface area contributed by atoms with Crippen molar-refractivity contribution in [1.82, 2.24) is 5.32 Å². The Bertz CT molecular complexity index is 538. The lowest BCUT2D eigenvalue weighted by Gasteiger charge is -2.08. The summed E-state index contributed by atoms with van der Waals surface area (Å²) in [6.45, 7) is 0.508. The van der Waals surface area contributed by atoms with Gasteiger partial charge in [-0.3, -0.25) is 4.79 Å². The summed E-state index contributed by atoms with van der Waals surface area (Å²) >= 11 is 1.60. The zero-order valence-corrected chi connectivity index (χ0v) is 10.8. The second-order valence-corrected chi connectivity index (χ2v) is 4.55. The quantitative estimate of drug-likeness (QED) is 0.831. The van der Waals surface area contributed by atoms with Crippen molar-refractivity contribution in [3.05, 3.63) is 46.2 Å². The molecule has 1 aromatic heterocycles. The van der Waals surface area contributed by atoms with Gasteiger partial charge in [-0.05, 0) is 34.5 Å². The second kappa shape index (κ2) is 5.55. The number of carbonyl (C=O) groups excluding carboxylic acids is 1. The maximum absolute atomic E-state index is 11.9. The molecule has 1 amide bonds. The number of nitrogens with one attached hydrogen (secondary N) is 1. The van der Waals surface area contributed by atoms with E-state index in [9.17, 15) is 4.79 Å². The fourth-order valence-corrected chi connectivity index (χ4v) is 2.21. The minimum absolute atomic E-state index is 0.179. The third kappa shape index (κ3) is 2.81. The molecule has 18 heavy (non-hydrogen) atoms. The van der Waals surface area contributed by atoms with E-state index >= 15 is 0 Å². The molecule has 0 spiro atoms. The highest BCUT2D eigenvalue weighted by molar-refractivity contribution is 7.07. The molecule has 0 aliphatic carbocycles. The van der Waals surface area contributed by atoms with Crippen LogP contribution in [0, 0.1) is 0 Å². The molecule has 2 aromatic rings. The molecule has 0 atom stereocenters. The van der Waals surface area contributed by atoms with Gasteiger partial charge in [0.2, 0.25) is 0 Å². The van der Waals surface area contributed by atoms with Gasteiger partial charge in [0.25, 0.3) is 5.91 Å². The van der Waals surface area contributed by atoms with E-state index in [0.717, 1.165) is 5.56 Å². The van der Waals surface area contributed by atoms with Gasteiger partial charge >= 0.3 is 0 Å². The minimum atomic E-state index is -0.179. The van der Waals surface area contributed by atoms with Gasteiger partial charge in [0.1, 0.15) is 5.75 Å². The topological polar surface area (TPSA) is 64.3 Å². The molecule has 1 aromatic carbocycles. The first-order valence-corrected chi connectivity index (χ1v) is 6.38. The monoisotopic (exact) mass is 262 g/mol. The van der Waals surface area contributed by atoms with Crippen LogP contribution in [0.25, 0.3) is 0 Å². The number of nitrogens with two attached hydrogens (primary N) is 1. The molecule has 0 aliphatic rings. The first-order chi connectivity index (χ1) is 8.70. The van der Waals surface area contributed by atoms with Crippen LogP contribution >= 0.6 is 11.3 Å². The summed E-state index contributed by atoms with van der Waals surface area (Å²) < 4.78 is 5.04. The Morgan fingerprint density at radius 1 is 1.44 bits per heavy atom. The van der Waals surface area contributed by atoms with E-state index in [1.807, 2.05) is 16.8 Å². The van der Waals surface area contributed by atoms with Crippen LogP contribution in [0.3, 0.4) is 0 Å². The van der Waals surface area contributed by atoms with E-state index in [-0.39, 0.29) is 5.91 Å². The first-order valence-electron chi connectivity index (χ1n) is 5.43. The molecule has 1 heterocycles. The number of amides is 1. The number of thiophene rings is 1. The standard InChI is InChI=1S/C13H14N2O2S/c1-17-10-2-3-11(12(14)6-10)13(16)15-7-9-4-5-18-8-9/h2-6,8H,7,14H2,1H3,(H,15,16). The van der Waals surface area contributed by atoms with Gasteiger partial charge in [-0.1, -0.05) is 0 Å². The summed E-state index contributed by atoms with van der Waals surface area (Å²) in [7, 11) is 1.56. The van der Waals surface area contributed by atoms with Gasteiger partial charge in [-0.15, -0.1) is 0 Å². The highest BCUT2D eigenvalue weighted by Gasteiger charge is 2.10. The summed E-state index contributed by atoms with van der Waals surface area (Å²) in [4.78, 5) is 11.9. The number of hydrogen-bond donors (Lipinski definition) is 2. The second-order valence-electron chi connectivity index (χ2n) is 3.77. The lowest BCUT2D eigenvalue weighted by atomic mass is 10.1. The van der Waals surface area contributed by atoms with E-state index in [1.54, 1.807) is 36.6 Å². The Hall–Kier alpha value is -2.01. The molecule has 2 rings (SSSR count). The van der Waals surface area contributed by atoms with Crippen LogP contribution in [-0.4, -0.2) is 13.0 Å². The van der Waals surface area contributed by atoms with Gasteiger partial charge in [0.05, 0.1) is 12.7 Å². The zero-order valence-electron chi connectivity index (χ0n) is 9.97. The van der Waals surface area contributed by atoms with Crippen LogP contribution in [0.5, 0.6) is 5.75 Å². The molecule has 0 saturated carbocycles. The number of benzene rings is 1. The average Bonchev–Trinajstić information content (AvgIpc) is 2.88. The third-order valence-electron chi connectivity index (χ3n) is 2.54. The SMILES string of the molecule is COc1ccc(C(=O)NCc2ccsc2)c(N)c1. The van der Waals surface area contributed by atoms with Crippen molar-refractivity contribution in [2.75, 3.05) is 12.8 Å². The molecule has 0 unspecified atom stereocenters. The normalized spacial score (nSPS) is 10.1. The van der Waals surface area contributed by atoms with Gasteiger partial charge < -0.3 is 15.8 Å². The Morgan fingerprint density at radius 2 is 2.28 bits per heavy atom. The van der Waals surface area contributed by atoms with Gasteiger partial charge in [-0.25, -0.2) is 0 Å². The van der Waals surface area contributed by atoms with Crippen molar-refractivity contribution in [3.63, 3.8) is 0 Å². The number of ether oxygens (including phenoxy) is 1. The molecule has 0 aliphatic heterocycles. The molecule has 3 N–H and O–H groups in total. The Balaban J connectivity index is 2.04. The van der Waals surface area contributed by atoms with E-state index in [2.05, 4.69) is 5.32 Å². The van der Waals surface area contributed by atoms with Crippen LogP contribution in [0.1, 0.15) is 15.9 Å². The molecule has 0 radical (unpaired) electrons. The van der Waals surface area contributed by atoms with Crippen molar-refractivity contribution in [1.29, 1.82) is 0 Å². The van der Waals surface area contributed by atoms with E-state index < -0.39 is 0 Å². The van der Waals surface area contributed by atoms with Gasteiger partial charge in [-0.2, -0.15) is 11.3 Å². The molecule has 0 saturated heterocycles. The Morgan fingerprint density at radius 3 is 2.89 bits per heavy atom. The zero-order chi connectivity index (χ0) is 13.0. The number of carbonyl (C=O) groups is 1. The summed E-state index contributed by atoms with van der Waals surface area (Å²) in [5, 5.41) is 6.80. The van der Waals surface area contributed by atoms with Gasteiger partial charge in [0, 0.05) is 18.3 Å². The number of anilines is 1. The number of hydrogen-bond acceptors (Lipinski definition) is 4. The van der Waals surface area contributed by atoms with Crippen molar-refractivity contribution in [3.8, 4) is 5.75 Å².